The first kappa shape index (κ1) is 11.7. The van der Waals surface area contributed by atoms with E-state index in [1.807, 2.05) is 19.2 Å². The monoisotopic (exact) mass is 245 g/mol. The average Bonchev–Trinajstić information content (AvgIpc) is 2.51. The number of ether oxygens (including phenoxy) is 1. The van der Waals surface area contributed by atoms with E-state index in [4.69, 9.17) is 4.74 Å². The van der Waals surface area contributed by atoms with E-state index in [9.17, 15) is 4.79 Å². The summed E-state index contributed by atoms with van der Waals surface area (Å²) in [4.78, 5) is 14.1. The van der Waals surface area contributed by atoms with E-state index in [0.29, 0.717) is 0 Å². The topological polar surface area (TPSA) is 29.5 Å². The van der Waals surface area contributed by atoms with Crippen LogP contribution in [0.3, 0.4) is 0 Å². The van der Waals surface area contributed by atoms with E-state index in [1.165, 1.54) is 5.56 Å². The Bertz CT molecular complexity index is 522. The smallest absolute Gasteiger partial charge is 0.339 e. The second kappa shape index (κ2) is 3.35. The van der Waals surface area contributed by atoms with E-state index in [2.05, 4.69) is 31.7 Å². The van der Waals surface area contributed by atoms with Crippen LogP contribution in [-0.2, 0) is 15.8 Å². The van der Waals surface area contributed by atoms with E-state index in [-0.39, 0.29) is 17.0 Å². The minimum atomic E-state index is -0.373. The number of hydrogen-bond acceptors (Lipinski definition) is 3. The Morgan fingerprint density at radius 1 is 1.28 bits per heavy atom. The van der Waals surface area contributed by atoms with Crippen molar-refractivity contribution in [1.29, 1.82) is 0 Å². The van der Waals surface area contributed by atoms with Crippen LogP contribution < -0.4 is 0 Å². The molecule has 0 amide bonds. The van der Waals surface area contributed by atoms with Gasteiger partial charge in [0.1, 0.15) is 0 Å². The van der Waals surface area contributed by atoms with Gasteiger partial charge in [0.2, 0.25) is 0 Å². The lowest BCUT2D eigenvalue weighted by Gasteiger charge is -2.44. The van der Waals surface area contributed by atoms with Crippen molar-refractivity contribution >= 4 is 5.97 Å². The van der Waals surface area contributed by atoms with Crippen molar-refractivity contribution in [2.75, 3.05) is 20.1 Å². The van der Waals surface area contributed by atoms with Gasteiger partial charge in [-0.15, -0.1) is 0 Å². The number of carbonyl (C=O) groups is 1. The van der Waals surface area contributed by atoms with Gasteiger partial charge in [-0.1, -0.05) is 32.9 Å². The van der Waals surface area contributed by atoms with Gasteiger partial charge in [0.05, 0.1) is 5.56 Å². The summed E-state index contributed by atoms with van der Waals surface area (Å²) in [6.45, 7) is 8.17. The lowest BCUT2D eigenvalue weighted by Crippen LogP contribution is -2.57. The fourth-order valence-corrected chi connectivity index (χ4v) is 2.91. The van der Waals surface area contributed by atoms with Crippen molar-refractivity contribution in [3.63, 3.8) is 0 Å². The largest absolute Gasteiger partial charge is 0.448 e. The van der Waals surface area contributed by atoms with Crippen LogP contribution in [0.4, 0.5) is 0 Å². The Balaban J connectivity index is 2.09. The third-order valence-electron chi connectivity index (χ3n) is 3.94. The fourth-order valence-electron chi connectivity index (χ4n) is 2.91. The Morgan fingerprint density at radius 3 is 2.50 bits per heavy atom. The molecule has 3 heteroatoms. The molecule has 3 nitrogen and oxygen atoms in total. The van der Waals surface area contributed by atoms with Gasteiger partial charge in [0.25, 0.3) is 0 Å². The maximum atomic E-state index is 11.9. The zero-order valence-corrected chi connectivity index (χ0v) is 11.4. The molecule has 1 saturated heterocycles. The van der Waals surface area contributed by atoms with Crippen LogP contribution in [0, 0.1) is 0 Å². The second-order valence-electron chi connectivity index (χ2n) is 6.57. The summed E-state index contributed by atoms with van der Waals surface area (Å²) in [5.74, 6) is -0.168. The lowest BCUT2D eigenvalue weighted by atomic mass is 9.80. The van der Waals surface area contributed by atoms with Gasteiger partial charge in [0.15, 0.2) is 5.60 Å². The summed E-state index contributed by atoms with van der Waals surface area (Å²) in [6, 6.07) is 6.13. The molecule has 1 aromatic rings. The molecule has 18 heavy (non-hydrogen) atoms. The third-order valence-corrected chi connectivity index (χ3v) is 3.94. The highest BCUT2D eigenvalue weighted by Gasteiger charge is 2.52. The molecule has 1 fully saturated rings. The third kappa shape index (κ3) is 1.50. The highest BCUT2D eigenvalue weighted by molar-refractivity contribution is 5.95. The summed E-state index contributed by atoms with van der Waals surface area (Å²) in [5.41, 5.74) is 2.81. The minimum Gasteiger partial charge on any atom is -0.448 e. The molecule has 0 bridgehead atoms. The predicted molar refractivity (Wildman–Crippen MR) is 69.7 cm³/mol. The molecule has 0 unspecified atom stereocenters. The summed E-state index contributed by atoms with van der Waals surface area (Å²) in [7, 11) is 2.05. The van der Waals surface area contributed by atoms with Gasteiger partial charge in [-0.2, -0.15) is 0 Å². The lowest BCUT2D eigenvalue weighted by molar-refractivity contribution is -0.0943. The minimum absolute atomic E-state index is 0.0947. The number of benzene rings is 1. The van der Waals surface area contributed by atoms with Gasteiger partial charge in [-0.25, -0.2) is 4.79 Å². The van der Waals surface area contributed by atoms with Crippen molar-refractivity contribution < 1.29 is 9.53 Å². The first-order valence-electron chi connectivity index (χ1n) is 6.39. The quantitative estimate of drug-likeness (QED) is 0.657. The molecule has 96 valence electrons. The summed E-state index contributed by atoms with van der Waals surface area (Å²) < 4.78 is 5.61. The van der Waals surface area contributed by atoms with E-state index in [0.717, 1.165) is 24.2 Å². The normalized spacial score (nSPS) is 21.7. The van der Waals surface area contributed by atoms with Gasteiger partial charge in [-0.05, 0) is 24.1 Å². The number of likely N-dealkylation sites (tertiary alicyclic amines) is 1. The molecule has 2 aliphatic heterocycles. The number of nitrogens with zero attached hydrogens (tertiary/aromatic N) is 1. The first-order valence-corrected chi connectivity index (χ1v) is 6.39. The van der Waals surface area contributed by atoms with Crippen molar-refractivity contribution in [3.8, 4) is 0 Å². The average molecular weight is 245 g/mol. The van der Waals surface area contributed by atoms with Crippen LogP contribution >= 0.6 is 0 Å². The van der Waals surface area contributed by atoms with Gasteiger partial charge >= 0.3 is 5.97 Å². The molecule has 3 rings (SSSR count). The van der Waals surface area contributed by atoms with Gasteiger partial charge in [-0.3, -0.25) is 4.90 Å². The Labute approximate surface area is 108 Å². The van der Waals surface area contributed by atoms with Crippen LogP contribution in [0.5, 0.6) is 0 Å². The molecular weight excluding hydrogens is 226 g/mol. The maximum absolute atomic E-state index is 11.9. The number of hydrogen-bond donors (Lipinski definition) is 0. The van der Waals surface area contributed by atoms with Crippen LogP contribution in [0.1, 0.15) is 42.3 Å². The first-order chi connectivity index (χ1) is 8.32. The van der Waals surface area contributed by atoms with E-state index >= 15 is 0 Å². The maximum Gasteiger partial charge on any atom is 0.339 e. The number of likely N-dealkylation sites (N-methyl/N-ethyl adjacent to an activating group) is 1. The molecule has 0 radical (unpaired) electrons. The van der Waals surface area contributed by atoms with Crippen molar-refractivity contribution in [1.82, 2.24) is 4.90 Å². The van der Waals surface area contributed by atoms with Crippen molar-refractivity contribution in [2.45, 2.75) is 31.8 Å². The predicted octanol–water partition coefficient (Wildman–Crippen LogP) is 2.30. The zero-order valence-electron chi connectivity index (χ0n) is 11.4. The molecule has 1 aromatic carbocycles. The van der Waals surface area contributed by atoms with Crippen LogP contribution in [0.15, 0.2) is 18.2 Å². The summed E-state index contributed by atoms with van der Waals surface area (Å²) >= 11 is 0. The fraction of sp³-hybridized carbons (Fsp3) is 0.533. The molecular formula is C15H19NO2. The molecule has 0 aromatic heterocycles. The Morgan fingerprint density at radius 2 is 1.94 bits per heavy atom. The van der Waals surface area contributed by atoms with Gasteiger partial charge < -0.3 is 4.74 Å². The van der Waals surface area contributed by atoms with Crippen molar-refractivity contribution in [2.24, 2.45) is 0 Å². The highest BCUT2D eigenvalue weighted by Crippen LogP contribution is 2.44. The molecule has 0 atom stereocenters. The zero-order chi connectivity index (χ0) is 13.1. The standard InChI is InChI=1S/C15H19NO2/c1-14(2,3)10-5-6-11-12(7-10)15(18-13(11)17)8-16(4)9-15/h5-7H,8-9H2,1-4H3. The van der Waals surface area contributed by atoms with Crippen molar-refractivity contribution in [3.05, 3.63) is 34.9 Å². The number of fused-ring (bicyclic) bond motifs is 2. The summed E-state index contributed by atoms with van der Waals surface area (Å²) in [6.07, 6.45) is 0. The molecule has 2 aliphatic rings. The second-order valence-corrected chi connectivity index (χ2v) is 6.57. The van der Waals surface area contributed by atoms with Crippen LogP contribution in [-0.4, -0.2) is 31.0 Å². The Kier molecular flexibility index (Phi) is 2.18. The van der Waals surface area contributed by atoms with Crippen LogP contribution in [0.25, 0.3) is 0 Å². The number of rotatable bonds is 0. The molecule has 1 spiro atoms. The molecule has 0 saturated carbocycles. The molecule has 2 heterocycles. The van der Waals surface area contributed by atoms with E-state index < -0.39 is 0 Å². The summed E-state index contributed by atoms with van der Waals surface area (Å²) in [5, 5.41) is 0. The number of carbonyl (C=O) groups excluding carboxylic acids is 1. The van der Waals surface area contributed by atoms with Gasteiger partial charge in [0, 0.05) is 18.7 Å². The van der Waals surface area contributed by atoms with Crippen LogP contribution in [0.2, 0.25) is 0 Å². The number of esters is 1. The molecule has 0 N–H and O–H groups in total. The Hall–Kier alpha value is -1.35. The highest BCUT2D eigenvalue weighted by atomic mass is 16.6. The SMILES string of the molecule is CN1CC2(C1)OC(=O)c1ccc(C(C)(C)C)cc12. The van der Waals surface area contributed by atoms with E-state index in [1.54, 1.807) is 0 Å². The molecule has 0 aliphatic carbocycles.